The first-order chi connectivity index (χ1) is 11.7. The highest BCUT2D eigenvalue weighted by Crippen LogP contribution is 2.52. The molecule has 25 heavy (non-hydrogen) atoms. The molecule has 0 aliphatic carbocycles. The van der Waals surface area contributed by atoms with Gasteiger partial charge in [-0.1, -0.05) is 23.8 Å². The van der Waals surface area contributed by atoms with Crippen LogP contribution in [-0.4, -0.2) is 35.2 Å². The smallest absolute Gasteiger partial charge is 0.393 e. The number of anilines is 1. The third kappa shape index (κ3) is 2.11. The number of halogens is 4. The van der Waals surface area contributed by atoms with Gasteiger partial charge in [0.25, 0.3) is 0 Å². The molecule has 3 aliphatic heterocycles. The van der Waals surface area contributed by atoms with Crippen LogP contribution in [0.5, 0.6) is 0 Å². The Morgan fingerprint density at radius 3 is 2.64 bits per heavy atom. The maximum Gasteiger partial charge on any atom is 0.417 e. The third-order valence-electron chi connectivity index (χ3n) is 4.92. The average Bonchev–Trinajstić information content (AvgIpc) is 3.18. The van der Waals surface area contributed by atoms with Gasteiger partial charge < -0.3 is 9.84 Å². The molecule has 4 rings (SSSR count). The molecule has 9 heteroatoms. The minimum atomic E-state index is -4.72. The number of fused-ring (bicyclic) bond motifs is 5. The van der Waals surface area contributed by atoms with E-state index in [-0.39, 0.29) is 5.69 Å². The van der Waals surface area contributed by atoms with Gasteiger partial charge in [-0.2, -0.15) is 13.2 Å². The number of aliphatic hydroxyl groups excluding tert-OH is 1. The monoisotopic (exact) mass is 373 g/mol. The molecular weight excluding hydrogens is 363 g/mol. The number of hydrogen-bond donors (Lipinski definition) is 1. The molecule has 2 saturated heterocycles. The summed E-state index contributed by atoms with van der Waals surface area (Å²) in [5.41, 5.74) is -2.62. The molecule has 132 valence electrons. The van der Waals surface area contributed by atoms with Crippen molar-refractivity contribution in [2.75, 3.05) is 11.5 Å². The van der Waals surface area contributed by atoms with Gasteiger partial charge in [0, 0.05) is 0 Å². The first-order valence-electron chi connectivity index (χ1n) is 7.42. The lowest BCUT2D eigenvalue weighted by Gasteiger charge is -2.26. The van der Waals surface area contributed by atoms with Gasteiger partial charge in [0.05, 0.1) is 40.8 Å². The summed E-state index contributed by atoms with van der Waals surface area (Å²) in [6.07, 6.45) is -2.26. The lowest BCUT2D eigenvalue weighted by atomic mass is 9.77. The largest absolute Gasteiger partial charge is 0.417 e. The van der Waals surface area contributed by atoms with E-state index in [1.54, 1.807) is 6.08 Å². The Bertz CT molecular complexity index is 824. The number of hydrogen-bond acceptors (Lipinski definition) is 4. The highest BCUT2D eigenvalue weighted by Gasteiger charge is 2.67. The summed E-state index contributed by atoms with van der Waals surface area (Å²) in [5.74, 6) is -3.14. The zero-order valence-electron chi connectivity index (χ0n) is 12.5. The Kier molecular flexibility index (Phi) is 3.35. The molecule has 3 aliphatic rings. The van der Waals surface area contributed by atoms with E-state index in [9.17, 15) is 27.9 Å². The first-order valence-corrected chi connectivity index (χ1v) is 7.80. The van der Waals surface area contributed by atoms with Gasteiger partial charge in [-0.15, -0.1) is 0 Å². The molecule has 4 atom stereocenters. The molecule has 0 radical (unpaired) electrons. The van der Waals surface area contributed by atoms with Crippen LogP contribution in [0.3, 0.4) is 0 Å². The summed E-state index contributed by atoms with van der Waals surface area (Å²) in [6, 6.07) is 2.87. The first kappa shape index (κ1) is 16.6. The summed E-state index contributed by atoms with van der Waals surface area (Å²) < 4.78 is 44.7. The van der Waals surface area contributed by atoms with E-state index in [2.05, 4.69) is 0 Å². The molecular formula is C16H11ClF3NO4. The molecule has 1 aromatic carbocycles. The van der Waals surface area contributed by atoms with E-state index >= 15 is 0 Å². The van der Waals surface area contributed by atoms with Crippen LogP contribution in [0.15, 0.2) is 30.4 Å². The number of rotatable bonds is 2. The molecule has 1 N–H and O–H groups in total. The van der Waals surface area contributed by atoms with Crippen LogP contribution in [0.4, 0.5) is 18.9 Å². The lowest BCUT2D eigenvalue weighted by molar-refractivity contribution is -0.137. The highest BCUT2D eigenvalue weighted by atomic mass is 35.5. The number of ether oxygens (including phenoxy) is 1. The Labute approximate surface area is 144 Å². The van der Waals surface area contributed by atoms with Crippen LogP contribution in [0.1, 0.15) is 5.56 Å². The molecule has 0 saturated carbocycles. The van der Waals surface area contributed by atoms with E-state index in [0.29, 0.717) is 6.07 Å². The summed E-state index contributed by atoms with van der Waals surface area (Å²) in [7, 11) is 0. The van der Waals surface area contributed by atoms with Crippen LogP contribution in [0, 0.1) is 11.8 Å². The predicted molar refractivity (Wildman–Crippen MR) is 79.8 cm³/mol. The fourth-order valence-electron chi connectivity index (χ4n) is 3.81. The van der Waals surface area contributed by atoms with Crippen LogP contribution in [0.2, 0.25) is 5.02 Å². The summed E-state index contributed by atoms with van der Waals surface area (Å²) >= 11 is 5.59. The van der Waals surface area contributed by atoms with Gasteiger partial charge in [0.1, 0.15) is 5.60 Å². The predicted octanol–water partition coefficient (Wildman–Crippen LogP) is 2.16. The second-order valence-corrected chi connectivity index (χ2v) is 6.64. The summed E-state index contributed by atoms with van der Waals surface area (Å²) in [4.78, 5) is 26.2. The molecule has 2 fully saturated rings. The van der Waals surface area contributed by atoms with Crippen LogP contribution in [0.25, 0.3) is 0 Å². The number of aliphatic hydroxyl groups is 1. The van der Waals surface area contributed by atoms with Crippen molar-refractivity contribution < 1.29 is 32.6 Å². The van der Waals surface area contributed by atoms with E-state index in [1.807, 2.05) is 0 Å². The Morgan fingerprint density at radius 2 is 2.00 bits per heavy atom. The van der Waals surface area contributed by atoms with Crippen LogP contribution < -0.4 is 4.90 Å². The fraction of sp³-hybridized carbons (Fsp3) is 0.375. The maximum atomic E-state index is 13.1. The zero-order valence-corrected chi connectivity index (χ0v) is 13.2. The van der Waals surface area contributed by atoms with Gasteiger partial charge in [0.2, 0.25) is 11.8 Å². The highest BCUT2D eigenvalue weighted by molar-refractivity contribution is 6.31. The van der Waals surface area contributed by atoms with Gasteiger partial charge in [-0.3, -0.25) is 9.59 Å². The van der Waals surface area contributed by atoms with Gasteiger partial charge in [-0.05, 0) is 18.2 Å². The van der Waals surface area contributed by atoms with Crippen molar-refractivity contribution in [2.24, 2.45) is 11.8 Å². The van der Waals surface area contributed by atoms with Crippen LogP contribution >= 0.6 is 11.6 Å². The topological polar surface area (TPSA) is 66.8 Å². The number of nitrogens with zero attached hydrogens (tertiary/aromatic N) is 1. The molecule has 0 unspecified atom stereocenters. The lowest BCUT2D eigenvalue weighted by Crippen LogP contribution is -2.43. The Balaban J connectivity index is 1.77. The standard InChI is InChI=1S/C16H11ClF3NO4/c17-9-2-1-7(5-8(9)16(18,19)20)21-13(23)11-10-3-4-15(6-22,25-10)12(11)14(21)24/h1-5,10-12,22H,6H2/t10-,11-,12-,15+/m0/s1. The fourth-order valence-corrected chi connectivity index (χ4v) is 4.03. The van der Waals surface area contributed by atoms with Crippen molar-refractivity contribution in [3.05, 3.63) is 40.9 Å². The van der Waals surface area contributed by atoms with E-state index in [4.69, 9.17) is 16.3 Å². The normalized spacial score (nSPS) is 33.5. The van der Waals surface area contributed by atoms with Crippen molar-refractivity contribution in [1.82, 2.24) is 0 Å². The number of carbonyl (C=O) groups excluding carboxylic acids is 2. The summed E-state index contributed by atoms with van der Waals surface area (Å²) in [6.45, 7) is -0.498. The molecule has 3 heterocycles. The molecule has 0 aromatic heterocycles. The molecule has 5 nitrogen and oxygen atoms in total. The molecule has 1 aromatic rings. The average molecular weight is 374 g/mol. The molecule has 0 spiro atoms. The summed E-state index contributed by atoms with van der Waals surface area (Å²) in [5, 5.41) is 9.09. The second kappa shape index (κ2) is 5.06. The molecule has 2 bridgehead atoms. The number of amides is 2. The zero-order chi connectivity index (χ0) is 18.1. The Hall–Kier alpha value is -1.90. The SMILES string of the molecule is O=C1[C@H]2[C@@H]3C=C[C@](CO)(O3)[C@@H]2C(=O)N1c1ccc(Cl)c(C(F)(F)F)c1. The maximum absolute atomic E-state index is 13.1. The van der Waals surface area contributed by atoms with Crippen molar-refractivity contribution in [3.8, 4) is 0 Å². The number of imide groups is 1. The molecule has 2 amide bonds. The van der Waals surface area contributed by atoms with Crippen LogP contribution in [-0.2, 0) is 20.5 Å². The minimum Gasteiger partial charge on any atom is -0.393 e. The van der Waals surface area contributed by atoms with E-state index < -0.39 is 58.7 Å². The third-order valence-corrected chi connectivity index (χ3v) is 5.25. The number of carbonyl (C=O) groups is 2. The van der Waals surface area contributed by atoms with E-state index in [0.717, 1.165) is 11.0 Å². The second-order valence-electron chi connectivity index (χ2n) is 6.23. The van der Waals surface area contributed by atoms with E-state index in [1.165, 1.54) is 12.1 Å². The van der Waals surface area contributed by atoms with Crippen molar-refractivity contribution in [2.45, 2.75) is 17.9 Å². The Morgan fingerprint density at radius 1 is 1.28 bits per heavy atom. The van der Waals surface area contributed by atoms with Gasteiger partial charge in [0.15, 0.2) is 0 Å². The number of benzene rings is 1. The minimum absolute atomic E-state index is 0.200. The van der Waals surface area contributed by atoms with Crippen molar-refractivity contribution in [1.29, 1.82) is 0 Å². The van der Waals surface area contributed by atoms with Crippen molar-refractivity contribution in [3.63, 3.8) is 0 Å². The number of alkyl halides is 3. The van der Waals surface area contributed by atoms with Gasteiger partial charge in [-0.25, -0.2) is 4.90 Å². The van der Waals surface area contributed by atoms with Crippen molar-refractivity contribution >= 4 is 29.1 Å². The van der Waals surface area contributed by atoms with Gasteiger partial charge >= 0.3 is 6.18 Å². The quantitative estimate of drug-likeness (QED) is 0.637.